The minimum absolute atomic E-state index is 0.150. The van der Waals surface area contributed by atoms with E-state index in [9.17, 15) is 14.4 Å². The van der Waals surface area contributed by atoms with Crippen molar-refractivity contribution in [1.29, 1.82) is 0 Å². The minimum Gasteiger partial charge on any atom is -0.497 e. The SMILES string of the molecule is COc1cccc(C2(C)NC(=O)N(NC(=O)CNC(c3ccccc3)c3ccccn3)C2=O)c1. The first-order valence-electron chi connectivity index (χ1n) is 10.7. The van der Waals surface area contributed by atoms with Gasteiger partial charge in [-0.05, 0) is 42.3 Å². The van der Waals surface area contributed by atoms with Crippen LogP contribution in [0.1, 0.15) is 29.8 Å². The number of carbonyl (C=O) groups excluding carboxylic acids is 3. The lowest BCUT2D eigenvalue weighted by atomic mass is 9.92. The van der Waals surface area contributed by atoms with Crippen molar-refractivity contribution in [3.63, 3.8) is 0 Å². The van der Waals surface area contributed by atoms with Gasteiger partial charge in [0.25, 0.3) is 11.8 Å². The molecule has 1 fully saturated rings. The fourth-order valence-corrected chi connectivity index (χ4v) is 3.81. The second-order valence-electron chi connectivity index (χ2n) is 7.94. The molecule has 2 aromatic carbocycles. The third-order valence-electron chi connectivity index (χ3n) is 5.66. The molecule has 2 heterocycles. The summed E-state index contributed by atoms with van der Waals surface area (Å²) >= 11 is 0. The van der Waals surface area contributed by atoms with Crippen LogP contribution < -0.4 is 20.8 Å². The van der Waals surface area contributed by atoms with E-state index in [1.165, 1.54) is 7.11 Å². The molecule has 0 radical (unpaired) electrons. The number of ether oxygens (including phenoxy) is 1. The number of carbonyl (C=O) groups is 3. The molecule has 0 saturated carbocycles. The summed E-state index contributed by atoms with van der Waals surface area (Å²) in [7, 11) is 1.52. The van der Waals surface area contributed by atoms with Crippen molar-refractivity contribution in [3.05, 3.63) is 95.8 Å². The maximum absolute atomic E-state index is 13.1. The number of pyridine rings is 1. The van der Waals surface area contributed by atoms with Gasteiger partial charge in [-0.25, -0.2) is 4.79 Å². The number of hydrogen-bond donors (Lipinski definition) is 3. The van der Waals surface area contributed by atoms with Gasteiger partial charge in [0.2, 0.25) is 0 Å². The van der Waals surface area contributed by atoms with E-state index in [1.54, 1.807) is 37.4 Å². The molecular weight excluding hydrogens is 434 g/mol. The summed E-state index contributed by atoms with van der Waals surface area (Å²) in [5.74, 6) is -0.590. The predicted octanol–water partition coefficient (Wildman–Crippen LogP) is 2.27. The fraction of sp³-hybridized carbons (Fsp3) is 0.200. The fourth-order valence-electron chi connectivity index (χ4n) is 3.81. The molecule has 1 aromatic heterocycles. The summed E-state index contributed by atoms with van der Waals surface area (Å²) in [4.78, 5) is 42.8. The summed E-state index contributed by atoms with van der Waals surface area (Å²) < 4.78 is 5.22. The molecule has 1 saturated heterocycles. The summed E-state index contributed by atoms with van der Waals surface area (Å²) in [6.07, 6.45) is 1.68. The zero-order valence-corrected chi connectivity index (χ0v) is 18.8. The molecule has 174 valence electrons. The van der Waals surface area contributed by atoms with Crippen LogP contribution in [0, 0.1) is 0 Å². The number of methoxy groups -OCH3 is 1. The summed E-state index contributed by atoms with van der Waals surface area (Å²) in [5.41, 5.74) is 3.27. The molecule has 4 rings (SSSR count). The Labute approximate surface area is 197 Å². The number of aromatic nitrogens is 1. The quantitative estimate of drug-likeness (QED) is 0.446. The summed E-state index contributed by atoms with van der Waals surface area (Å²) in [5, 5.41) is 6.53. The van der Waals surface area contributed by atoms with Gasteiger partial charge in [0.1, 0.15) is 11.3 Å². The van der Waals surface area contributed by atoms with E-state index >= 15 is 0 Å². The number of rotatable bonds is 8. The molecule has 2 atom stereocenters. The lowest BCUT2D eigenvalue weighted by Gasteiger charge is -2.23. The molecule has 34 heavy (non-hydrogen) atoms. The van der Waals surface area contributed by atoms with E-state index in [2.05, 4.69) is 21.0 Å². The van der Waals surface area contributed by atoms with Gasteiger partial charge in [0, 0.05) is 6.20 Å². The lowest BCUT2D eigenvalue weighted by Crippen LogP contribution is -2.50. The molecule has 2 unspecified atom stereocenters. The Morgan fingerprint density at radius 2 is 1.85 bits per heavy atom. The topological polar surface area (TPSA) is 113 Å². The van der Waals surface area contributed by atoms with Crippen LogP contribution in [-0.4, -0.2) is 41.5 Å². The number of nitrogens with zero attached hydrogens (tertiary/aromatic N) is 2. The molecule has 3 N–H and O–H groups in total. The van der Waals surface area contributed by atoms with E-state index in [0.717, 1.165) is 11.3 Å². The number of benzene rings is 2. The Bertz CT molecular complexity index is 1150. The first kappa shape index (κ1) is 22.9. The highest BCUT2D eigenvalue weighted by Crippen LogP contribution is 2.30. The number of hydrazine groups is 1. The molecule has 0 spiro atoms. The lowest BCUT2D eigenvalue weighted by molar-refractivity contribution is -0.138. The van der Waals surface area contributed by atoms with Gasteiger partial charge in [-0.15, -0.1) is 0 Å². The largest absolute Gasteiger partial charge is 0.497 e. The highest BCUT2D eigenvalue weighted by Gasteiger charge is 2.50. The first-order chi connectivity index (χ1) is 16.4. The van der Waals surface area contributed by atoms with Crippen molar-refractivity contribution in [3.8, 4) is 5.75 Å². The van der Waals surface area contributed by atoms with E-state index in [0.29, 0.717) is 16.3 Å². The summed E-state index contributed by atoms with van der Waals surface area (Å²) in [6, 6.07) is 20.9. The van der Waals surface area contributed by atoms with Crippen LogP contribution in [0.2, 0.25) is 0 Å². The van der Waals surface area contributed by atoms with Crippen LogP contribution in [0.25, 0.3) is 0 Å². The zero-order chi connectivity index (χ0) is 24.1. The second kappa shape index (κ2) is 9.72. The van der Waals surface area contributed by atoms with Crippen molar-refractivity contribution in [2.45, 2.75) is 18.5 Å². The van der Waals surface area contributed by atoms with Gasteiger partial charge in [-0.1, -0.05) is 48.5 Å². The maximum atomic E-state index is 13.1. The average molecular weight is 460 g/mol. The molecule has 9 nitrogen and oxygen atoms in total. The van der Waals surface area contributed by atoms with Crippen molar-refractivity contribution >= 4 is 17.8 Å². The highest BCUT2D eigenvalue weighted by atomic mass is 16.5. The van der Waals surface area contributed by atoms with Gasteiger partial charge in [0.15, 0.2) is 0 Å². The third kappa shape index (κ3) is 4.60. The van der Waals surface area contributed by atoms with Crippen LogP contribution in [0.4, 0.5) is 4.79 Å². The smallest absolute Gasteiger partial charge is 0.344 e. The van der Waals surface area contributed by atoms with Crippen molar-refractivity contribution in [1.82, 2.24) is 26.1 Å². The van der Waals surface area contributed by atoms with Gasteiger partial charge in [0.05, 0.1) is 25.4 Å². The minimum atomic E-state index is -1.34. The number of imide groups is 1. The molecule has 9 heteroatoms. The van der Waals surface area contributed by atoms with Gasteiger partial charge in [-0.2, -0.15) is 5.01 Å². The van der Waals surface area contributed by atoms with Gasteiger partial charge < -0.3 is 10.1 Å². The number of amides is 4. The van der Waals surface area contributed by atoms with Crippen molar-refractivity contribution in [2.75, 3.05) is 13.7 Å². The molecule has 0 bridgehead atoms. The second-order valence-corrected chi connectivity index (χ2v) is 7.94. The van der Waals surface area contributed by atoms with Gasteiger partial charge in [-0.3, -0.25) is 25.3 Å². The molecule has 4 amide bonds. The Balaban J connectivity index is 1.46. The van der Waals surface area contributed by atoms with E-state index in [-0.39, 0.29) is 12.6 Å². The zero-order valence-electron chi connectivity index (χ0n) is 18.8. The summed E-state index contributed by atoms with van der Waals surface area (Å²) in [6.45, 7) is 1.43. The Kier molecular flexibility index (Phi) is 6.55. The van der Waals surface area contributed by atoms with Crippen LogP contribution in [0.5, 0.6) is 5.75 Å². The molecule has 1 aliphatic heterocycles. The van der Waals surface area contributed by atoms with E-state index < -0.39 is 23.4 Å². The Morgan fingerprint density at radius 1 is 1.09 bits per heavy atom. The Hall–Kier alpha value is -4.24. The molecule has 1 aliphatic rings. The van der Waals surface area contributed by atoms with E-state index in [1.807, 2.05) is 48.5 Å². The predicted molar refractivity (Wildman–Crippen MR) is 124 cm³/mol. The van der Waals surface area contributed by atoms with Crippen LogP contribution in [-0.2, 0) is 15.1 Å². The standard InChI is InChI=1S/C25H25N5O4/c1-25(18-11-8-12-19(15-18)34-2)23(32)30(24(33)28-25)29-21(31)16-27-22(17-9-4-3-5-10-17)20-13-6-7-14-26-20/h3-15,22,27H,16H2,1-2H3,(H,28,33)(H,29,31). The average Bonchev–Trinajstić information content (AvgIpc) is 3.09. The normalized spacial score (nSPS) is 18.4. The van der Waals surface area contributed by atoms with Crippen LogP contribution in [0.15, 0.2) is 79.0 Å². The van der Waals surface area contributed by atoms with E-state index in [4.69, 9.17) is 4.74 Å². The number of urea groups is 1. The van der Waals surface area contributed by atoms with Gasteiger partial charge >= 0.3 is 6.03 Å². The van der Waals surface area contributed by atoms with Crippen molar-refractivity contribution < 1.29 is 19.1 Å². The number of hydrogen-bond acceptors (Lipinski definition) is 6. The monoisotopic (exact) mass is 459 g/mol. The highest BCUT2D eigenvalue weighted by molar-refractivity contribution is 6.08. The molecular formula is C25H25N5O4. The maximum Gasteiger partial charge on any atom is 0.344 e. The molecule has 3 aromatic rings. The number of nitrogens with one attached hydrogen (secondary N) is 3. The molecule has 0 aliphatic carbocycles. The first-order valence-corrected chi connectivity index (χ1v) is 10.7. The van der Waals surface area contributed by atoms with Crippen LogP contribution in [0.3, 0.4) is 0 Å². The van der Waals surface area contributed by atoms with Crippen LogP contribution >= 0.6 is 0 Å². The van der Waals surface area contributed by atoms with Crippen molar-refractivity contribution in [2.24, 2.45) is 0 Å². The Morgan fingerprint density at radius 3 is 2.56 bits per heavy atom. The third-order valence-corrected chi connectivity index (χ3v) is 5.66.